The van der Waals surface area contributed by atoms with E-state index in [2.05, 4.69) is 114 Å². The Morgan fingerprint density at radius 1 is 0.741 bits per heavy atom. The Morgan fingerprint density at radius 2 is 1.34 bits per heavy atom. The number of aliphatic hydroxyl groups is 1. The molecule has 0 amide bonds. The maximum atomic E-state index is 9.05. The zero-order valence-corrected chi connectivity index (χ0v) is 38.0. The maximum absolute atomic E-state index is 9.05. The first kappa shape index (κ1) is 46.6. The van der Waals surface area contributed by atoms with Crippen molar-refractivity contribution >= 4 is 79.4 Å². The number of rotatable bonds is 4. The summed E-state index contributed by atoms with van der Waals surface area (Å²) >= 11 is 8.89. The Kier molecular flexibility index (Phi) is 18.9. The molecule has 0 bridgehead atoms. The molecule has 0 unspecified atom stereocenters. The van der Waals surface area contributed by atoms with Gasteiger partial charge in [0.15, 0.2) is 0 Å². The number of aryl methyl sites for hydroxylation is 2. The minimum Gasteiger partial charge on any atom is -0.423 e. The number of benzene rings is 1. The van der Waals surface area contributed by atoms with Crippen LogP contribution in [0.25, 0.3) is 16.8 Å². The Morgan fingerprint density at radius 3 is 1.86 bits per heavy atom. The van der Waals surface area contributed by atoms with Gasteiger partial charge < -0.3 is 35.1 Å². The summed E-state index contributed by atoms with van der Waals surface area (Å²) in [7, 11) is -1.44. The zero-order valence-electron chi connectivity index (χ0n) is 31.8. The van der Waals surface area contributed by atoms with E-state index < -0.39 is 7.12 Å². The highest BCUT2D eigenvalue weighted by Crippen LogP contribution is 2.31. The first-order chi connectivity index (χ1) is 27.6. The molecule has 13 nitrogen and oxygen atoms in total. The van der Waals surface area contributed by atoms with E-state index in [0.717, 1.165) is 90.4 Å². The van der Waals surface area contributed by atoms with Crippen molar-refractivity contribution < 1.29 is 29.4 Å². The van der Waals surface area contributed by atoms with Gasteiger partial charge in [0.25, 0.3) is 0 Å². The topological polar surface area (TPSA) is 184 Å². The van der Waals surface area contributed by atoms with Gasteiger partial charge in [0.05, 0.1) is 55.4 Å². The van der Waals surface area contributed by atoms with E-state index in [0.29, 0.717) is 17.3 Å². The van der Waals surface area contributed by atoms with Crippen molar-refractivity contribution in [1.82, 2.24) is 29.7 Å². The van der Waals surface area contributed by atoms with Gasteiger partial charge in [-0.2, -0.15) is 0 Å². The van der Waals surface area contributed by atoms with Crippen LogP contribution in [-0.2, 0) is 27.1 Å². The third-order valence-electron chi connectivity index (χ3n) is 10.0. The summed E-state index contributed by atoms with van der Waals surface area (Å²) < 4.78 is 19.9. The number of halogens is 4. The van der Waals surface area contributed by atoms with E-state index in [4.69, 9.17) is 35.1 Å². The molecule has 5 N–H and O–H groups in total. The number of aromatic nitrogens is 6. The molecule has 0 spiro atoms. The van der Waals surface area contributed by atoms with Crippen molar-refractivity contribution in [3.63, 3.8) is 0 Å². The lowest BCUT2D eigenvalue weighted by Crippen LogP contribution is -2.37. The first-order valence-electron chi connectivity index (χ1n) is 19.0. The summed E-state index contributed by atoms with van der Waals surface area (Å²) in [6.07, 6.45) is 18.3. The number of ether oxygens (including phenoxy) is 3. The van der Waals surface area contributed by atoms with Crippen LogP contribution >= 0.6 is 66.9 Å². The molecule has 3 saturated heterocycles. The molecule has 1 aromatic carbocycles. The van der Waals surface area contributed by atoms with Gasteiger partial charge in [-0.1, -0.05) is 41.5 Å². The number of hydrogen-bond donors (Lipinski definition) is 4. The smallest absolute Gasteiger partial charge is 0.423 e. The number of hydrogen-bond acceptors (Lipinski definition) is 12. The maximum Gasteiger partial charge on any atom is 0.490 e. The third-order valence-corrected chi connectivity index (χ3v) is 11.6. The van der Waals surface area contributed by atoms with Crippen molar-refractivity contribution in [1.29, 1.82) is 0 Å². The van der Waals surface area contributed by atoms with Crippen molar-refractivity contribution in [2.45, 2.75) is 66.4 Å². The van der Waals surface area contributed by atoms with Crippen LogP contribution in [0.1, 0.15) is 60.0 Å². The Labute approximate surface area is 375 Å². The zero-order chi connectivity index (χ0) is 40.1. The van der Waals surface area contributed by atoms with Gasteiger partial charge in [-0.25, -0.2) is 0 Å². The van der Waals surface area contributed by atoms with E-state index in [1.165, 1.54) is 46.1 Å². The molecule has 0 radical (unpaired) electrons. The SMILES string of the molecule is Brc1cncc(C2COC2)c1.Cl.IC1COC1.N[C@H]1CCCC[C@@H]1O.OB(O)c1cncc(Br)c1.c1cc2c(cc1-c1cncc(C3COC3)c1)CCc1nncn1-2. The highest BCUT2D eigenvalue weighted by atomic mass is 127. The van der Waals surface area contributed by atoms with Gasteiger partial charge in [0.1, 0.15) is 12.2 Å². The van der Waals surface area contributed by atoms with Gasteiger partial charge in [0, 0.05) is 81.5 Å². The van der Waals surface area contributed by atoms with Crippen LogP contribution in [0.5, 0.6) is 0 Å². The van der Waals surface area contributed by atoms with E-state index in [1.54, 1.807) is 24.8 Å². The van der Waals surface area contributed by atoms with Crippen molar-refractivity contribution in [2.75, 3.05) is 39.6 Å². The Balaban J connectivity index is 0.000000154. The largest absolute Gasteiger partial charge is 0.490 e. The van der Waals surface area contributed by atoms with Crippen LogP contribution in [0.3, 0.4) is 0 Å². The predicted molar refractivity (Wildman–Crippen MR) is 241 cm³/mol. The monoisotopic (exact) mass is 1050 g/mol. The quantitative estimate of drug-likeness (QED) is 0.101. The van der Waals surface area contributed by atoms with Crippen LogP contribution in [0.2, 0.25) is 0 Å². The summed E-state index contributed by atoms with van der Waals surface area (Å²) in [5, 5.41) is 34.5. The second kappa shape index (κ2) is 23.5. The van der Waals surface area contributed by atoms with Crippen molar-refractivity contribution in [2.24, 2.45) is 5.73 Å². The fourth-order valence-electron chi connectivity index (χ4n) is 6.34. The van der Waals surface area contributed by atoms with Crippen molar-refractivity contribution in [3.05, 3.63) is 111 Å². The second-order valence-corrected chi connectivity index (χ2v) is 17.9. The van der Waals surface area contributed by atoms with E-state index in [1.807, 2.05) is 18.6 Å². The number of pyridine rings is 3. The highest BCUT2D eigenvalue weighted by Gasteiger charge is 2.23. The molecule has 10 rings (SSSR count). The van der Waals surface area contributed by atoms with Crippen LogP contribution in [0.4, 0.5) is 0 Å². The normalized spacial score (nSPS) is 19.3. The molecule has 18 heteroatoms. The molecule has 1 aliphatic carbocycles. The van der Waals surface area contributed by atoms with Crippen LogP contribution in [-0.4, -0.2) is 108 Å². The third kappa shape index (κ3) is 13.5. The van der Waals surface area contributed by atoms with Crippen LogP contribution < -0.4 is 11.2 Å². The first-order valence-corrected chi connectivity index (χ1v) is 21.8. The molecule has 4 fully saturated rings. The molecule has 5 aromatic rings. The van der Waals surface area contributed by atoms with Gasteiger partial charge in [-0.3, -0.25) is 19.5 Å². The highest BCUT2D eigenvalue weighted by molar-refractivity contribution is 14.1. The van der Waals surface area contributed by atoms with Gasteiger partial charge in [-0.15, -0.1) is 22.6 Å². The lowest BCUT2D eigenvalue weighted by Gasteiger charge is -2.26. The van der Waals surface area contributed by atoms with Gasteiger partial charge in [-0.05, 0) is 104 Å². The van der Waals surface area contributed by atoms with E-state index >= 15 is 0 Å². The van der Waals surface area contributed by atoms with Crippen LogP contribution in [0, 0.1) is 0 Å². The molecular formula is C40H48BBr2ClIN7O6. The molecule has 4 aliphatic heterocycles. The molecular weight excluding hydrogens is 1010 g/mol. The standard InChI is InChI=1S/C18H16N4O.C8H8BrNO.C6H13NO.C5H5BBrNO2.C3H5IO.ClH/c1-3-17-13(2-4-18-21-20-11-22(17)18)5-12(1)14-6-15(8-19-7-14)16-9-23-10-16;9-8-1-6(2-10-3-8)7-4-11-5-7;7-5-3-1-2-4-6(5)8;7-5-1-4(6(9)10)2-8-3-5;4-3-1-5-2-3;/h1,3,5-8,11,16H,2,4,9-10H2;1-3,7H,4-5H2;5-6,8H,1-4,7H2;1-3,9-10H;3H,1-2H2;1H/t;;5-,6-;;;/m..0.../s1. The number of nitrogens with two attached hydrogens (primary N) is 1. The number of alkyl halides is 1. The lowest BCUT2D eigenvalue weighted by atomic mass is 9.82. The molecule has 1 saturated carbocycles. The van der Waals surface area contributed by atoms with Crippen molar-refractivity contribution in [3.8, 4) is 16.8 Å². The Bertz CT molecular complexity index is 2020. The number of nitrogens with zero attached hydrogens (tertiary/aromatic N) is 6. The molecule has 8 heterocycles. The lowest BCUT2D eigenvalue weighted by molar-refractivity contribution is 0.00823. The summed E-state index contributed by atoms with van der Waals surface area (Å²) in [4.78, 5) is 12.2. The number of aliphatic hydroxyl groups excluding tert-OH is 1. The predicted octanol–water partition coefficient (Wildman–Crippen LogP) is 5.51. The molecule has 5 aliphatic rings. The molecule has 4 aromatic heterocycles. The summed E-state index contributed by atoms with van der Waals surface area (Å²) in [5.74, 6) is 2.11. The Hall–Kier alpha value is -2.43. The minimum absolute atomic E-state index is 0. The average Bonchev–Trinajstić information content (AvgIpc) is 3.65. The average molecular weight is 1060 g/mol. The number of fused-ring (bicyclic) bond motifs is 3. The molecule has 58 heavy (non-hydrogen) atoms. The van der Waals surface area contributed by atoms with Gasteiger partial charge in [0.2, 0.25) is 0 Å². The fourth-order valence-corrected chi connectivity index (χ4v) is 7.61. The summed E-state index contributed by atoms with van der Waals surface area (Å²) in [5.41, 5.74) is 13.4. The molecule has 310 valence electrons. The van der Waals surface area contributed by atoms with E-state index in [9.17, 15) is 0 Å². The molecule has 2 atom stereocenters. The van der Waals surface area contributed by atoms with E-state index in [-0.39, 0.29) is 24.6 Å². The fraction of sp³-hybridized carbons (Fsp3) is 0.425. The second-order valence-electron chi connectivity index (χ2n) is 14.3. The van der Waals surface area contributed by atoms with Crippen LogP contribution in [0.15, 0.2) is 88.9 Å². The summed E-state index contributed by atoms with van der Waals surface area (Å²) in [6.45, 7) is 5.26. The van der Waals surface area contributed by atoms with Gasteiger partial charge >= 0.3 is 7.12 Å². The minimum atomic E-state index is -1.44. The summed E-state index contributed by atoms with van der Waals surface area (Å²) in [6, 6.07) is 12.6.